The molecule has 22 heavy (non-hydrogen) atoms. The van der Waals surface area contributed by atoms with Crippen molar-refractivity contribution in [1.82, 2.24) is 9.21 Å². The number of sulfonamides is 1. The van der Waals surface area contributed by atoms with Gasteiger partial charge < -0.3 is 9.64 Å². The van der Waals surface area contributed by atoms with Crippen LogP contribution in [0.3, 0.4) is 0 Å². The number of rotatable bonds is 3. The van der Waals surface area contributed by atoms with Crippen molar-refractivity contribution < 1.29 is 13.2 Å². The maximum atomic E-state index is 13.1. The van der Waals surface area contributed by atoms with Crippen LogP contribution in [0.1, 0.15) is 25.0 Å². The van der Waals surface area contributed by atoms with E-state index in [9.17, 15) is 8.42 Å². The third kappa shape index (κ3) is 2.87. The van der Waals surface area contributed by atoms with Crippen molar-refractivity contribution in [2.24, 2.45) is 0 Å². The summed E-state index contributed by atoms with van der Waals surface area (Å²) in [7, 11) is 0.138. The van der Waals surface area contributed by atoms with Gasteiger partial charge in [-0.05, 0) is 58.0 Å². The SMILES string of the molecule is COc1cc(C)c(S(=O)(=O)N2CCN(C)[C@@H](C)[C@@H]2C)cc1C. The molecule has 0 bridgehead atoms. The van der Waals surface area contributed by atoms with E-state index in [0.717, 1.165) is 23.4 Å². The number of piperazine rings is 1. The van der Waals surface area contributed by atoms with Crippen molar-refractivity contribution in [2.45, 2.75) is 44.7 Å². The van der Waals surface area contributed by atoms with E-state index in [1.165, 1.54) is 0 Å². The lowest BCUT2D eigenvalue weighted by atomic mass is 10.1. The highest BCUT2D eigenvalue weighted by molar-refractivity contribution is 7.89. The summed E-state index contributed by atoms with van der Waals surface area (Å²) < 4.78 is 33.1. The second-order valence-corrected chi connectivity index (χ2v) is 8.02. The molecular formula is C16H26N2O3S. The summed E-state index contributed by atoms with van der Waals surface area (Å²) >= 11 is 0. The van der Waals surface area contributed by atoms with E-state index in [2.05, 4.69) is 11.8 Å². The molecule has 0 amide bonds. The van der Waals surface area contributed by atoms with Crippen molar-refractivity contribution in [3.63, 3.8) is 0 Å². The summed E-state index contributed by atoms with van der Waals surface area (Å²) in [5.74, 6) is 0.719. The van der Waals surface area contributed by atoms with Gasteiger partial charge in [-0.3, -0.25) is 0 Å². The minimum Gasteiger partial charge on any atom is -0.496 e. The standard InChI is InChI=1S/C16H26N2O3S/c1-11-10-16(12(2)9-15(11)21-6)22(19,20)18-8-7-17(5)13(3)14(18)4/h9-10,13-14H,7-8H2,1-6H3/t13-,14-/m0/s1. The van der Waals surface area contributed by atoms with E-state index in [0.29, 0.717) is 11.4 Å². The Bertz CT molecular complexity index is 658. The lowest BCUT2D eigenvalue weighted by Crippen LogP contribution is -2.57. The molecule has 0 radical (unpaired) electrons. The Morgan fingerprint density at radius 3 is 2.32 bits per heavy atom. The molecule has 1 aromatic rings. The van der Waals surface area contributed by atoms with Crippen LogP contribution < -0.4 is 4.74 Å². The molecule has 6 heteroatoms. The molecule has 1 aromatic carbocycles. The molecule has 0 saturated carbocycles. The molecule has 0 unspecified atom stereocenters. The highest BCUT2D eigenvalue weighted by Crippen LogP contribution is 2.30. The molecule has 124 valence electrons. The van der Waals surface area contributed by atoms with Gasteiger partial charge in [-0.15, -0.1) is 0 Å². The summed E-state index contributed by atoms with van der Waals surface area (Å²) in [5.41, 5.74) is 1.56. The fraction of sp³-hybridized carbons (Fsp3) is 0.625. The highest BCUT2D eigenvalue weighted by Gasteiger charge is 2.37. The number of methoxy groups -OCH3 is 1. The topological polar surface area (TPSA) is 49.9 Å². The van der Waals surface area contributed by atoms with Crippen molar-refractivity contribution >= 4 is 10.0 Å². The summed E-state index contributed by atoms with van der Waals surface area (Å²) in [6.07, 6.45) is 0. The molecule has 1 saturated heterocycles. The Kier molecular flexibility index (Phi) is 4.84. The zero-order chi connectivity index (χ0) is 16.7. The van der Waals surface area contributed by atoms with Crippen LogP contribution in [0.2, 0.25) is 0 Å². The lowest BCUT2D eigenvalue weighted by Gasteiger charge is -2.42. The maximum Gasteiger partial charge on any atom is 0.243 e. The molecule has 0 aliphatic carbocycles. The Hall–Kier alpha value is -1.11. The number of benzene rings is 1. The zero-order valence-electron chi connectivity index (χ0n) is 14.3. The fourth-order valence-electron chi connectivity index (χ4n) is 3.00. The quantitative estimate of drug-likeness (QED) is 0.853. The zero-order valence-corrected chi connectivity index (χ0v) is 15.1. The van der Waals surface area contributed by atoms with Gasteiger partial charge >= 0.3 is 0 Å². The number of aryl methyl sites for hydroxylation is 2. The van der Waals surface area contributed by atoms with Crippen LogP contribution in [0, 0.1) is 13.8 Å². The van der Waals surface area contributed by atoms with Gasteiger partial charge in [0.2, 0.25) is 10.0 Å². The Labute approximate surface area is 133 Å². The molecule has 1 aliphatic heterocycles. The summed E-state index contributed by atoms with van der Waals surface area (Å²) in [5, 5.41) is 0. The predicted molar refractivity (Wildman–Crippen MR) is 87.9 cm³/mol. The average Bonchev–Trinajstić information content (AvgIpc) is 2.46. The molecule has 1 aliphatic rings. The Morgan fingerprint density at radius 1 is 1.09 bits per heavy atom. The van der Waals surface area contributed by atoms with Crippen molar-refractivity contribution in [1.29, 1.82) is 0 Å². The number of ether oxygens (including phenoxy) is 1. The monoisotopic (exact) mass is 326 g/mol. The van der Waals surface area contributed by atoms with E-state index in [1.807, 2.05) is 27.8 Å². The number of likely N-dealkylation sites (N-methyl/N-ethyl adjacent to an activating group) is 1. The lowest BCUT2D eigenvalue weighted by molar-refractivity contribution is 0.109. The molecule has 0 N–H and O–H groups in total. The van der Waals surface area contributed by atoms with E-state index in [-0.39, 0.29) is 12.1 Å². The van der Waals surface area contributed by atoms with Gasteiger partial charge in [-0.25, -0.2) is 8.42 Å². The normalized spacial score (nSPS) is 24.5. The van der Waals surface area contributed by atoms with Crippen molar-refractivity contribution in [3.05, 3.63) is 23.3 Å². The predicted octanol–water partition coefficient (Wildman–Crippen LogP) is 2.03. The van der Waals surface area contributed by atoms with E-state index < -0.39 is 10.0 Å². The second-order valence-electron chi connectivity index (χ2n) is 6.16. The van der Waals surface area contributed by atoms with Gasteiger partial charge in [0.15, 0.2) is 0 Å². The largest absolute Gasteiger partial charge is 0.496 e. The minimum atomic E-state index is -3.49. The summed E-state index contributed by atoms with van der Waals surface area (Å²) in [6.45, 7) is 9.00. The average molecular weight is 326 g/mol. The first-order chi connectivity index (χ1) is 10.2. The third-order valence-corrected chi connectivity index (χ3v) is 6.93. The fourth-order valence-corrected chi connectivity index (χ4v) is 4.98. The van der Waals surface area contributed by atoms with Crippen molar-refractivity contribution in [2.75, 3.05) is 27.2 Å². The van der Waals surface area contributed by atoms with Gasteiger partial charge in [0.1, 0.15) is 5.75 Å². The number of hydrogen-bond donors (Lipinski definition) is 0. The molecule has 1 heterocycles. The van der Waals surface area contributed by atoms with Crippen molar-refractivity contribution in [3.8, 4) is 5.75 Å². The van der Waals surface area contributed by atoms with Crippen LogP contribution in [0.5, 0.6) is 5.75 Å². The first-order valence-corrected chi connectivity index (χ1v) is 9.01. The van der Waals surface area contributed by atoms with Crippen LogP contribution in [0.25, 0.3) is 0 Å². The van der Waals surface area contributed by atoms with Gasteiger partial charge in [-0.1, -0.05) is 0 Å². The maximum absolute atomic E-state index is 13.1. The van der Waals surface area contributed by atoms with Crippen LogP contribution in [-0.2, 0) is 10.0 Å². The molecule has 1 fully saturated rings. The van der Waals surface area contributed by atoms with E-state index >= 15 is 0 Å². The molecular weight excluding hydrogens is 300 g/mol. The summed E-state index contributed by atoms with van der Waals surface area (Å²) in [4.78, 5) is 2.58. The Morgan fingerprint density at radius 2 is 1.73 bits per heavy atom. The molecule has 0 aromatic heterocycles. The Balaban J connectivity index is 2.45. The third-order valence-electron chi connectivity index (χ3n) is 4.80. The minimum absolute atomic E-state index is 0.0504. The van der Waals surface area contributed by atoms with Crippen LogP contribution in [0.4, 0.5) is 0 Å². The summed E-state index contributed by atoms with van der Waals surface area (Å²) in [6, 6.07) is 3.67. The first kappa shape index (κ1) is 17.2. The molecule has 2 atom stereocenters. The smallest absolute Gasteiger partial charge is 0.243 e. The molecule has 2 rings (SSSR count). The van der Waals surface area contributed by atoms with Crippen LogP contribution in [-0.4, -0.2) is 57.0 Å². The first-order valence-electron chi connectivity index (χ1n) is 7.57. The van der Waals surface area contributed by atoms with Gasteiger partial charge in [-0.2, -0.15) is 4.31 Å². The van der Waals surface area contributed by atoms with E-state index in [4.69, 9.17) is 4.74 Å². The molecule has 5 nitrogen and oxygen atoms in total. The van der Waals surface area contributed by atoms with Crippen LogP contribution in [0.15, 0.2) is 17.0 Å². The molecule has 0 spiro atoms. The second kappa shape index (κ2) is 6.18. The number of nitrogens with zero attached hydrogens (tertiary/aromatic N) is 2. The van der Waals surface area contributed by atoms with Gasteiger partial charge in [0.05, 0.1) is 12.0 Å². The van der Waals surface area contributed by atoms with Gasteiger partial charge in [0.25, 0.3) is 0 Å². The number of hydrogen-bond acceptors (Lipinski definition) is 4. The van der Waals surface area contributed by atoms with Gasteiger partial charge in [0, 0.05) is 25.2 Å². The van der Waals surface area contributed by atoms with Crippen LogP contribution >= 0.6 is 0 Å². The highest BCUT2D eigenvalue weighted by atomic mass is 32.2. The van der Waals surface area contributed by atoms with E-state index in [1.54, 1.807) is 23.5 Å².